The van der Waals surface area contributed by atoms with Crippen LogP contribution in [-0.4, -0.2) is 31.1 Å². The highest BCUT2D eigenvalue weighted by atomic mass is 32.2. The smallest absolute Gasteiger partial charge is 0.330 e. The molecule has 11 heteroatoms. The first-order chi connectivity index (χ1) is 15.4. The van der Waals surface area contributed by atoms with E-state index in [4.69, 9.17) is 5.73 Å². The number of Topliss-reactive ketones (excluding diaryl/α,β-unsaturated/α-hetero) is 1. The van der Waals surface area contributed by atoms with E-state index in [0.717, 1.165) is 45.9 Å². The van der Waals surface area contributed by atoms with E-state index in [1.807, 2.05) is 5.38 Å². The predicted molar refractivity (Wildman–Crippen MR) is 122 cm³/mol. The number of carbonyl (C=O) groups is 1. The Morgan fingerprint density at radius 1 is 1.25 bits per heavy atom. The molecule has 0 bridgehead atoms. The molecule has 0 radical (unpaired) electrons. The Morgan fingerprint density at radius 2 is 2.00 bits per heavy atom. The van der Waals surface area contributed by atoms with E-state index in [1.165, 1.54) is 34.4 Å². The number of H-pyrrole nitrogens is 1. The first kappa shape index (κ1) is 20.6. The van der Waals surface area contributed by atoms with Crippen molar-refractivity contribution in [2.45, 2.75) is 23.9 Å². The average Bonchev–Trinajstić information content (AvgIpc) is 3.49. The first-order valence-corrected chi connectivity index (χ1v) is 11.6. The lowest BCUT2D eigenvalue weighted by Crippen LogP contribution is -2.36. The van der Waals surface area contributed by atoms with Gasteiger partial charge in [0.05, 0.1) is 11.1 Å². The van der Waals surface area contributed by atoms with Crippen molar-refractivity contribution in [3.8, 4) is 11.1 Å². The Hall–Kier alpha value is -3.31. The molecule has 1 aliphatic carbocycles. The van der Waals surface area contributed by atoms with Crippen molar-refractivity contribution in [2.75, 3.05) is 11.5 Å². The van der Waals surface area contributed by atoms with Gasteiger partial charge in [0.2, 0.25) is 0 Å². The van der Waals surface area contributed by atoms with Crippen LogP contribution in [0.25, 0.3) is 21.3 Å². The predicted octanol–water partition coefficient (Wildman–Crippen LogP) is 3.24. The molecular weight excluding hydrogens is 453 g/mol. The minimum atomic E-state index is -0.787. The Labute approximate surface area is 188 Å². The zero-order valence-electron chi connectivity index (χ0n) is 16.5. The summed E-state index contributed by atoms with van der Waals surface area (Å²) in [7, 11) is 0. The molecule has 0 unspecified atom stereocenters. The molecule has 1 aliphatic rings. The zero-order valence-corrected chi connectivity index (χ0v) is 18.1. The third-order valence-electron chi connectivity index (χ3n) is 5.20. The maximum atomic E-state index is 13.3. The number of benzene rings is 1. The summed E-state index contributed by atoms with van der Waals surface area (Å²) in [5.74, 6) is -1.02. The molecule has 4 aromatic rings. The van der Waals surface area contributed by atoms with Gasteiger partial charge in [-0.25, -0.2) is 19.2 Å². The number of nitrogen functional groups attached to an aromatic ring is 1. The number of carbonyl (C=O) groups excluding carboxylic acids is 1. The second-order valence-corrected chi connectivity index (χ2v) is 9.17. The molecule has 5 rings (SSSR count). The standard InChI is InChI=1S/C21H16FN5O3S2/c22-11-3-1-10(2-4-11)13-7-31-19-15(13)20(25-9-24-19)32-8-14(28)16-17(23)27(12-5-6-12)21(30)26-18(16)29/h1-4,7,9,12H,5-6,8,23H2,(H,26,29,30). The van der Waals surface area contributed by atoms with Crippen LogP contribution in [-0.2, 0) is 0 Å². The van der Waals surface area contributed by atoms with Crippen LogP contribution in [0, 0.1) is 5.82 Å². The fraction of sp³-hybridized carbons (Fsp3) is 0.190. The van der Waals surface area contributed by atoms with Crippen LogP contribution in [0.1, 0.15) is 29.2 Å². The van der Waals surface area contributed by atoms with Crippen molar-refractivity contribution in [1.82, 2.24) is 19.5 Å². The third kappa shape index (κ3) is 3.63. The van der Waals surface area contributed by atoms with Crippen molar-refractivity contribution in [3.63, 3.8) is 0 Å². The molecule has 0 amide bonds. The lowest BCUT2D eigenvalue weighted by molar-refractivity contribution is 0.102. The van der Waals surface area contributed by atoms with Gasteiger partial charge in [-0.2, -0.15) is 0 Å². The maximum absolute atomic E-state index is 13.3. The van der Waals surface area contributed by atoms with Gasteiger partial charge in [0.25, 0.3) is 5.56 Å². The molecule has 1 saturated carbocycles. The fourth-order valence-electron chi connectivity index (χ4n) is 3.54. The topological polar surface area (TPSA) is 124 Å². The SMILES string of the molecule is Nc1c(C(=O)CSc2ncnc3scc(-c4ccc(F)cc4)c23)c(=O)[nH]c(=O)n1C1CC1. The summed E-state index contributed by atoms with van der Waals surface area (Å²) in [6.45, 7) is 0. The van der Waals surface area contributed by atoms with Crippen LogP contribution >= 0.6 is 23.1 Å². The number of ketones is 1. The number of aromatic amines is 1. The number of fused-ring (bicyclic) bond motifs is 1. The third-order valence-corrected chi connectivity index (χ3v) is 7.08. The van der Waals surface area contributed by atoms with Crippen molar-refractivity contribution < 1.29 is 9.18 Å². The molecule has 0 spiro atoms. The van der Waals surface area contributed by atoms with Gasteiger partial charge in [0.1, 0.15) is 33.4 Å². The molecule has 3 aromatic heterocycles. The minimum absolute atomic E-state index is 0.0795. The summed E-state index contributed by atoms with van der Waals surface area (Å²) in [5, 5.41) is 3.23. The van der Waals surface area contributed by atoms with Gasteiger partial charge in [0.15, 0.2) is 5.78 Å². The number of thioether (sulfide) groups is 1. The van der Waals surface area contributed by atoms with Crippen LogP contribution in [0.15, 0.2) is 50.6 Å². The molecule has 162 valence electrons. The summed E-state index contributed by atoms with van der Waals surface area (Å²) < 4.78 is 14.6. The molecule has 1 aromatic carbocycles. The van der Waals surface area contributed by atoms with Gasteiger partial charge < -0.3 is 5.73 Å². The van der Waals surface area contributed by atoms with E-state index in [2.05, 4.69) is 15.0 Å². The molecule has 3 heterocycles. The molecule has 0 saturated heterocycles. The van der Waals surface area contributed by atoms with E-state index in [9.17, 15) is 18.8 Å². The summed E-state index contributed by atoms with van der Waals surface area (Å²) in [6.07, 6.45) is 2.97. The number of rotatable bonds is 6. The molecule has 0 atom stereocenters. The Kier molecular flexibility index (Phi) is 5.14. The van der Waals surface area contributed by atoms with Gasteiger partial charge in [-0.3, -0.25) is 19.1 Å². The highest BCUT2D eigenvalue weighted by molar-refractivity contribution is 8.00. The number of hydrogen-bond donors (Lipinski definition) is 2. The zero-order chi connectivity index (χ0) is 22.4. The number of aromatic nitrogens is 4. The Bertz CT molecular complexity index is 1470. The lowest BCUT2D eigenvalue weighted by atomic mass is 10.1. The Balaban J connectivity index is 1.48. The minimum Gasteiger partial charge on any atom is -0.384 e. The van der Waals surface area contributed by atoms with Gasteiger partial charge in [-0.15, -0.1) is 11.3 Å². The number of nitrogens with two attached hydrogens (primary N) is 1. The van der Waals surface area contributed by atoms with E-state index >= 15 is 0 Å². The number of hydrogen-bond acceptors (Lipinski definition) is 8. The number of anilines is 1. The van der Waals surface area contributed by atoms with Crippen LogP contribution in [0.2, 0.25) is 0 Å². The molecule has 0 aliphatic heterocycles. The summed E-state index contributed by atoms with van der Waals surface area (Å²) >= 11 is 2.58. The maximum Gasteiger partial charge on any atom is 0.330 e. The Morgan fingerprint density at radius 3 is 2.72 bits per heavy atom. The van der Waals surface area contributed by atoms with Crippen LogP contribution in [0.5, 0.6) is 0 Å². The van der Waals surface area contributed by atoms with Crippen molar-refractivity contribution in [3.05, 3.63) is 68.2 Å². The van der Waals surface area contributed by atoms with Crippen molar-refractivity contribution in [2.24, 2.45) is 0 Å². The highest BCUT2D eigenvalue weighted by Gasteiger charge is 2.30. The fourth-order valence-corrected chi connectivity index (χ4v) is 5.40. The second-order valence-electron chi connectivity index (χ2n) is 7.35. The number of nitrogens with one attached hydrogen (secondary N) is 1. The molecule has 8 nitrogen and oxygen atoms in total. The molecular formula is C21H16FN5O3S2. The highest BCUT2D eigenvalue weighted by Crippen LogP contribution is 2.38. The number of halogens is 1. The molecule has 32 heavy (non-hydrogen) atoms. The molecule has 3 N–H and O–H groups in total. The average molecular weight is 470 g/mol. The van der Waals surface area contributed by atoms with E-state index in [-0.39, 0.29) is 29.0 Å². The van der Waals surface area contributed by atoms with Crippen molar-refractivity contribution in [1.29, 1.82) is 0 Å². The normalized spacial score (nSPS) is 13.5. The van der Waals surface area contributed by atoms with Crippen LogP contribution in [0.3, 0.4) is 0 Å². The lowest BCUT2D eigenvalue weighted by Gasteiger charge is -2.11. The second kappa shape index (κ2) is 7.99. The van der Waals surface area contributed by atoms with Gasteiger partial charge in [-0.1, -0.05) is 23.9 Å². The van der Waals surface area contributed by atoms with E-state index in [1.54, 1.807) is 12.1 Å². The van der Waals surface area contributed by atoms with Crippen LogP contribution < -0.4 is 17.0 Å². The van der Waals surface area contributed by atoms with Gasteiger partial charge in [-0.05, 0) is 30.5 Å². The van der Waals surface area contributed by atoms with Gasteiger partial charge in [0, 0.05) is 17.0 Å². The van der Waals surface area contributed by atoms with Crippen LogP contribution in [0.4, 0.5) is 10.2 Å². The number of thiophene rings is 1. The van der Waals surface area contributed by atoms with E-state index < -0.39 is 17.0 Å². The van der Waals surface area contributed by atoms with E-state index in [0.29, 0.717) is 5.03 Å². The van der Waals surface area contributed by atoms with Gasteiger partial charge >= 0.3 is 5.69 Å². The monoisotopic (exact) mass is 469 g/mol. The largest absolute Gasteiger partial charge is 0.384 e. The molecule has 1 fully saturated rings. The summed E-state index contributed by atoms with van der Waals surface area (Å²) in [5.41, 5.74) is 6.08. The number of nitrogens with zero attached hydrogens (tertiary/aromatic N) is 3. The first-order valence-electron chi connectivity index (χ1n) is 9.72. The quantitative estimate of drug-likeness (QED) is 0.252. The van der Waals surface area contributed by atoms with Crippen molar-refractivity contribution >= 4 is 44.9 Å². The summed E-state index contributed by atoms with van der Waals surface area (Å²) in [6, 6.07) is 6.02. The summed E-state index contributed by atoms with van der Waals surface area (Å²) in [4.78, 5) is 48.8.